The second-order valence-corrected chi connectivity index (χ2v) is 2.82. The first kappa shape index (κ1) is 9.45. The van der Waals surface area contributed by atoms with Gasteiger partial charge in [0.25, 0.3) is 6.43 Å². The van der Waals surface area contributed by atoms with Crippen molar-refractivity contribution >= 4 is 11.6 Å². The van der Waals surface area contributed by atoms with Gasteiger partial charge in [0, 0.05) is 6.20 Å². The van der Waals surface area contributed by atoms with Gasteiger partial charge in [0.2, 0.25) is 0 Å². The molecular formula is C7H9ClF2N2. The van der Waals surface area contributed by atoms with Crippen LogP contribution in [0.3, 0.4) is 0 Å². The number of halogens is 3. The van der Waals surface area contributed by atoms with Gasteiger partial charge in [-0.05, 0) is 12.5 Å². The summed E-state index contributed by atoms with van der Waals surface area (Å²) in [4.78, 5) is 0. The van der Waals surface area contributed by atoms with Crippen molar-refractivity contribution in [3.63, 3.8) is 0 Å². The van der Waals surface area contributed by atoms with E-state index in [9.17, 15) is 8.78 Å². The van der Waals surface area contributed by atoms with E-state index in [4.69, 9.17) is 11.6 Å². The molecule has 0 aliphatic heterocycles. The SMILES string of the molecule is CCC(C(F)F)n1ccc(Cl)n1. The molecule has 0 radical (unpaired) electrons. The van der Waals surface area contributed by atoms with Gasteiger partial charge in [0.1, 0.15) is 6.04 Å². The lowest BCUT2D eigenvalue weighted by Gasteiger charge is -2.13. The molecule has 0 aromatic carbocycles. The molecule has 1 aromatic rings. The van der Waals surface area contributed by atoms with E-state index in [0.29, 0.717) is 6.42 Å². The smallest absolute Gasteiger partial charge is 0.260 e. The molecule has 68 valence electrons. The number of aromatic nitrogens is 2. The number of hydrogen-bond acceptors (Lipinski definition) is 1. The van der Waals surface area contributed by atoms with Gasteiger partial charge in [0.15, 0.2) is 5.15 Å². The number of alkyl halides is 2. The molecule has 0 bridgehead atoms. The average molecular weight is 195 g/mol. The fraction of sp³-hybridized carbons (Fsp3) is 0.571. The van der Waals surface area contributed by atoms with Crippen LogP contribution in [0.15, 0.2) is 12.3 Å². The Morgan fingerprint density at radius 3 is 2.67 bits per heavy atom. The summed E-state index contributed by atoms with van der Waals surface area (Å²) in [6, 6.07) is 0.629. The molecule has 0 N–H and O–H groups in total. The largest absolute Gasteiger partial charge is 0.262 e. The molecule has 2 nitrogen and oxygen atoms in total. The highest BCUT2D eigenvalue weighted by atomic mass is 35.5. The normalized spacial score (nSPS) is 13.8. The van der Waals surface area contributed by atoms with Crippen molar-refractivity contribution in [1.82, 2.24) is 9.78 Å². The van der Waals surface area contributed by atoms with Crippen LogP contribution in [0.5, 0.6) is 0 Å². The predicted octanol–water partition coefficient (Wildman–Crippen LogP) is 2.75. The van der Waals surface area contributed by atoms with E-state index >= 15 is 0 Å². The Balaban J connectivity index is 2.80. The molecule has 0 saturated heterocycles. The molecule has 0 spiro atoms. The summed E-state index contributed by atoms with van der Waals surface area (Å²) in [7, 11) is 0. The number of rotatable bonds is 3. The topological polar surface area (TPSA) is 17.8 Å². The third-order valence-corrected chi connectivity index (χ3v) is 1.83. The van der Waals surface area contributed by atoms with E-state index < -0.39 is 12.5 Å². The van der Waals surface area contributed by atoms with Crippen LogP contribution < -0.4 is 0 Å². The Hall–Kier alpha value is -0.640. The van der Waals surface area contributed by atoms with Crippen molar-refractivity contribution in [3.8, 4) is 0 Å². The van der Waals surface area contributed by atoms with E-state index in [1.165, 1.54) is 16.9 Å². The van der Waals surface area contributed by atoms with Crippen molar-refractivity contribution in [1.29, 1.82) is 0 Å². The Kier molecular flexibility index (Phi) is 3.03. The fourth-order valence-corrected chi connectivity index (χ4v) is 1.12. The van der Waals surface area contributed by atoms with Crippen LogP contribution >= 0.6 is 11.6 Å². The summed E-state index contributed by atoms with van der Waals surface area (Å²) < 4.78 is 25.8. The molecule has 0 saturated carbocycles. The van der Waals surface area contributed by atoms with Gasteiger partial charge >= 0.3 is 0 Å². The zero-order valence-electron chi connectivity index (χ0n) is 6.54. The summed E-state index contributed by atoms with van der Waals surface area (Å²) in [5.74, 6) is 0. The molecule has 0 aliphatic rings. The first-order valence-corrected chi connectivity index (χ1v) is 4.01. The van der Waals surface area contributed by atoms with Crippen LogP contribution in [0.1, 0.15) is 19.4 Å². The fourth-order valence-electron chi connectivity index (χ4n) is 0.980. The minimum atomic E-state index is -2.40. The van der Waals surface area contributed by atoms with Crippen molar-refractivity contribution in [2.24, 2.45) is 0 Å². The summed E-state index contributed by atoms with van der Waals surface area (Å²) >= 11 is 5.49. The van der Waals surface area contributed by atoms with Crippen LogP contribution in [0.2, 0.25) is 5.15 Å². The maximum absolute atomic E-state index is 12.3. The van der Waals surface area contributed by atoms with Gasteiger partial charge in [-0.1, -0.05) is 18.5 Å². The molecule has 0 fully saturated rings. The molecule has 0 aliphatic carbocycles. The quantitative estimate of drug-likeness (QED) is 0.724. The van der Waals surface area contributed by atoms with Crippen LogP contribution in [-0.2, 0) is 0 Å². The molecule has 1 heterocycles. The van der Waals surface area contributed by atoms with Crippen LogP contribution in [0.25, 0.3) is 0 Å². The molecule has 1 aromatic heterocycles. The number of nitrogens with zero attached hydrogens (tertiary/aromatic N) is 2. The molecule has 1 atom stereocenters. The zero-order valence-corrected chi connectivity index (χ0v) is 7.30. The summed E-state index contributed by atoms with van der Waals surface area (Å²) in [5, 5.41) is 3.95. The Morgan fingerprint density at radius 2 is 2.33 bits per heavy atom. The Labute approximate surface area is 74.1 Å². The summed E-state index contributed by atoms with van der Waals surface area (Å²) in [5.41, 5.74) is 0. The minimum Gasteiger partial charge on any atom is -0.262 e. The van der Waals surface area contributed by atoms with E-state index in [1.54, 1.807) is 6.92 Å². The van der Waals surface area contributed by atoms with E-state index in [0.717, 1.165) is 0 Å². The molecule has 12 heavy (non-hydrogen) atoms. The van der Waals surface area contributed by atoms with Crippen LogP contribution in [0.4, 0.5) is 8.78 Å². The van der Waals surface area contributed by atoms with Crippen molar-refractivity contribution in [3.05, 3.63) is 17.4 Å². The molecular weight excluding hydrogens is 186 g/mol. The maximum atomic E-state index is 12.3. The molecule has 0 amide bonds. The Bertz CT molecular complexity index is 249. The van der Waals surface area contributed by atoms with Gasteiger partial charge in [-0.3, -0.25) is 4.68 Å². The minimum absolute atomic E-state index is 0.245. The van der Waals surface area contributed by atoms with Gasteiger partial charge in [-0.2, -0.15) is 5.10 Å². The van der Waals surface area contributed by atoms with E-state index in [1.807, 2.05) is 0 Å². The van der Waals surface area contributed by atoms with Crippen LogP contribution in [0, 0.1) is 0 Å². The van der Waals surface area contributed by atoms with E-state index in [2.05, 4.69) is 5.10 Å². The Morgan fingerprint density at radius 1 is 1.67 bits per heavy atom. The van der Waals surface area contributed by atoms with Crippen LogP contribution in [-0.4, -0.2) is 16.2 Å². The summed E-state index contributed by atoms with van der Waals surface area (Å²) in [6.07, 6.45) is -0.593. The number of hydrogen-bond donors (Lipinski definition) is 0. The first-order valence-electron chi connectivity index (χ1n) is 3.64. The van der Waals surface area contributed by atoms with Gasteiger partial charge in [-0.15, -0.1) is 0 Å². The third kappa shape index (κ3) is 1.94. The monoisotopic (exact) mass is 194 g/mol. The second-order valence-electron chi connectivity index (χ2n) is 2.43. The van der Waals surface area contributed by atoms with Crippen molar-refractivity contribution < 1.29 is 8.78 Å². The summed E-state index contributed by atoms with van der Waals surface area (Å²) in [6.45, 7) is 1.69. The first-order chi connectivity index (χ1) is 5.65. The lowest BCUT2D eigenvalue weighted by Crippen LogP contribution is -2.16. The molecule has 5 heteroatoms. The average Bonchev–Trinajstić information content (AvgIpc) is 2.37. The van der Waals surface area contributed by atoms with Gasteiger partial charge in [0.05, 0.1) is 0 Å². The lowest BCUT2D eigenvalue weighted by molar-refractivity contribution is 0.0743. The highest BCUT2D eigenvalue weighted by Gasteiger charge is 2.20. The highest BCUT2D eigenvalue weighted by molar-refractivity contribution is 6.29. The third-order valence-electron chi connectivity index (χ3n) is 1.62. The van der Waals surface area contributed by atoms with Crippen molar-refractivity contribution in [2.45, 2.75) is 25.8 Å². The maximum Gasteiger partial charge on any atom is 0.260 e. The van der Waals surface area contributed by atoms with Crippen molar-refractivity contribution in [2.75, 3.05) is 0 Å². The lowest BCUT2D eigenvalue weighted by atomic mass is 10.2. The van der Waals surface area contributed by atoms with Gasteiger partial charge < -0.3 is 0 Å². The zero-order chi connectivity index (χ0) is 9.14. The highest BCUT2D eigenvalue weighted by Crippen LogP contribution is 2.20. The van der Waals surface area contributed by atoms with Gasteiger partial charge in [-0.25, -0.2) is 8.78 Å². The molecule has 1 unspecified atom stereocenters. The second kappa shape index (κ2) is 3.85. The standard InChI is InChI=1S/C7H9ClF2N2/c1-2-5(7(9)10)12-4-3-6(8)11-12/h3-5,7H,2H2,1H3. The predicted molar refractivity (Wildman–Crippen MR) is 42.6 cm³/mol. The van der Waals surface area contributed by atoms with E-state index in [-0.39, 0.29) is 5.15 Å². The molecule has 1 rings (SSSR count).